The lowest BCUT2D eigenvalue weighted by Gasteiger charge is -2.44. The van der Waals surface area contributed by atoms with Gasteiger partial charge in [0.2, 0.25) is 5.91 Å². The van der Waals surface area contributed by atoms with Crippen LogP contribution < -0.4 is 9.64 Å². The number of aliphatic hydroxyl groups is 1. The van der Waals surface area contributed by atoms with Gasteiger partial charge >= 0.3 is 0 Å². The van der Waals surface area contributed by atoms with E-state index < -0.39 is 6.10 Å². The van der Waals surface area contributed by atoms with Crippen LogP contribution in [0.25, 0.3) is 0 Å². The number of hydrogen-bond acceptors (Lipinski definition) is 6. The zero-order valence-electron chi connectivity index (χ0n) is 27.1. The van der Waals surface area contributed by atoms with Gasteiger partial charge in [0, 0.05) is 51.7 Å². The van der Waals surface area contributed by atoms with Gasteiger partial charge < -0.3 is 29.1 Å². The smallest absolute Gasteiger partial charge is 0.219 e. The lowest BCUT2D eigenvalue weighted by molar-refractivity contribution is -0.127. The lowest BCUT2D eigenvalue weighted by Crippen LogP contribution is -2.44. The summed E-state index contributed by atoms with van der Waals surface area (Å²) in [7, 11) is 3.53. The van der Waals surface area contributed by atoms with Crippen molar-refractivity contribution in [3.05, 3.63) is 70.3 Å². The van der Waals surface area contributed by atoms with Gasteiger partial charge in [0.1, 0.15) is 5.75 Å². The Morgan fingerprint density at radius 2 is 2.05 bits per heavy atom. The molecular formula is C36H51ClN2O5. The highest BCUT2D eigenvalue weighted by Crippen LogP contribution is 2.43. The third kappa shape index (κ3) is 9.00. The largest absolute Gasteiger partial charge is 0.491 e. The number of carbonyl (C=O) groups is 1. The van der Waals surface area contributed by atoms with E-state index in [1.807, 2.05) is 32.2 Å². The van der Waals surface area contributed by atoms with E-state index in [0.29, 0.717) is 38.2 Å². The summed E-state index contributed by atoms with van der Waals surface area (Å²) < 4.78 is 18.1. The summed E-state index contributed by atoms with van der Waals surface area (Å²) in [6.07, 6.45) is 8.83. The van der Waals surface area contributed by atoms with Gasteiger partial charge in [-0.1, -0.05) is 49.2 Å². The Kier molecular flexibility index (Phi) is 13.0. The minimum Gasteiger partial charge on any atom is -0.491 e. The molecule has 242 valence electrons. The van der Waals surface area contributed by atoms with Crippen LogP contribution >= 0.6 is 11.6 Å². The molecule has 5 unspecified atom stereocenters. The van der Waals surface area contributed by atoms with Crippen LogP contribution in [0.3, 0.4) is 0 Å². The fraction of sp³-hybridized carbons (Fsp3) is 0.583. The Bertz CT molecular complexity index is 1250. The Morgan fingerprint density at radius 1 is 1.23 bits per heavy atom. The van der Waals surface area contributed by atoms with E-state index in [1.54, 1.807) is 18.9 Å². The number of amides is 1. The number of carbonyl (C=O) groups excluding carboxylic acids is 1. The van der Waals surface area contributed by atoms with Crippen molar-refractivity contribution in [2.24, 2.45) is 11.8 Å². The van der Waals surface area contributed by atoms with E-state index in [-0.39, 0.29) is 17.9 Å². The molecule has 1 heterocycles. The first kappa shape index (κ1) is 34.3. The van der Waals surface area contributed by atoms with Crippen molar-refractivity contribution < 1.29 is 24.1 Å². The molecule has 0 spiro atoms. The fourth-order valence-electron chi connectivity index (χ4n) is 6.37. The molecule has 8 heteroatoms. The lowest BCUT2D eigenvalue weighted by atomic mass is 9.70. The van der Waals surface area contributed by atoms with Gasteiger partial charge in [-0.25, -0.2) is 0 Å². The maximum atomic E-state index is 11.6. The molecule has 0 bridgehead atoms. The highest BCUT2D eigenvalue weighted by Gasteiger charge is 2.39. The topological polar surface area (TPSA) is 71.5 Å². The number of methoxy groups -OCH3 is 1. The number of hydrogen-bond donors (Lipinski definition) is 1. The quantitative estimate of drug-likeness (QED) is 0.173. The zero-order chi connectivity index (χ0) is 31.6. The Labute approximate surface area is 269 Å². The molecule has 7 nitrogen and oxygen atoms in total. The van der Waals surface area contributed by atoms with Crippen LogP contribution in [-0.4, -0.2) is 75.6 Å². The summed E-state index contributed by atoms with van der Waals surface area (Å²) in [4.78, 5) is 15.8. The molecule has 2 aliphatic rings. The van der Waals surface area contributed by atoms with Crippen LogP contribution in [0.5, 0.6) is 5.75 Å². The predicted molar refractivity (Wildman–Crippen MR) is 178 cm³/mol. The third-order valence-electron chi connectivity index (χ3n) is 9.20. The fourth-order valence-corrected chi connectivity index (χ4v) is 6.57. The van der Waals surface area contributed by atoms with Crippen molar-refractivity contribution in [2.45, 2.75) is 71.0 Å². The monoisotopic (exact) mass is 626 g/mol. The van der Waals surface area contributed by atoms with Crippen molar-refractivity contribution in [1.29, 1.82) is 0 Å². The SMILES string of the molecule is CCCc1cc(Cl)ccc1C1COc2ccc(C(C)O)cc2N(CC2CCC2C(/C=C/CCN(C)C(C)=O)OCCOC)C1. The van der Waals surface area contributed by atoms with E-state index in [9.17, 15) is 9.90 Å². The van der Waals surface area contributed by atoms with E-state index in [2.05, 4.69) is 42.2 Å². The summed E-state index contributed by atoms with van der Waals surface area (Å²) in [5, 5.41) is 11.2. The van der Waals surface area contributed by atoms with Crippen molar-refractivity contribution >= 4 is 23.2 Å². The number of benzene rings is 2. The van der Waals surface area contributed by atoms with Crippen molar-refractivity contribution in [3.63, 3.8) is 0 Å². The second-order valence-electron chi connectivity index (χ2n) is 12.4. The minimum atomic E-state index is -0.559. The van der Waals surface area contributed by atoms with Gasteiger partial charge in [-0.15, -0.1) is 0 Å². The van der Waals surface area contributed by atoms with E-state index in [1.165, 1.54) is 11.1 Å². The Morgan fingerprint density at radius 3 is 2.73 bits per heavy atom. The zero-order valence-corrected chi connectivity index (χ0v) is 27.9. The molecular weight excluding hydrogens is 576 g/mol. The average Bonchev–Trinajstić information content (AvgIpc) is 3.16. The third-order valence-corrected chi connectivity index (χ3v) is 9.43. The molecule has 2 aromatic carbocycles. The molecule has 0 saturated heterocycles. The second-order valence-corrected chi connectivity index (χ2v) is 12.8. The van der Waals surface area contributed by atoms with Crippen LogP contribution in [0.1, 0.15) is 75.2 Å². The molecule has 4 rings (SSSR count). The number of rotatable bonds is 15. The van der Waals surface area contributed by atoms with Crippen LogP contribution in [0.15, 0.2) is 48.6 Å². The van der Waals surface area contributed by atoms with Gasteiger partial charge in [-0.05, 0) is 85.4 Å². The molecule has 1 aliphatic carbocycles. The van der Waals surface area contributed by atoms with Crippen molar-refractivity contribution in [2.75, 3.05) is 58.5 Å². The number of anilines is 1. The molecule has 44 heavy (non-hydrogen) atoms. The second kappa shape index (κ2) is 16.6. The maximum absolute atomic E-state index is 11.6. The molecule has 5 atom stereocenters. The number of aryl methyl sites for hydroxylation is 1. The van der Waals surface area contributed by atoms with Crippen LogP contribution in [0.4, 0.5) is 5.69 Å². The molecule has 0 radical (unpaired) electrons. The Hall–Kier alpha value is -2.58. The van der Waals surface area contributed by atoms with Crippen molar-refractivity contribution in [1.82, 2.24) is 4.90 Å². The molecule has 1 aliphatic heterocycles. The normalized spacial score (nSPS) is 21.2. The highest BCUT2D eigenvalue weighted by molar-refractivity contribution is 6.30. The van der Waals surface area contributed by atoms with Crippen molar-refractivity contribution in [3.8, 4) is 5.75 Å². The Balaban J connectivity index is 1.58. The van der Waals surface area contributed by atoms with Crippen LogP contribution in [-0.2, 0) is 20.7 Å². The first-order valence-corrected chi connectivity index (χ1v) is 16.6. The summed E-state index contributed by atoms with van der Waals surface area (Å²) >= 11 is 6.43. The summed E-state index contributed by atoms with van der Waals surface area (Å²) in [5.41, 5.74) is 4.52. The number of fused-ring (bicyclic) bond motifs is 1. The predicted octanol–water partition coefficient (Wildman–Crippen LogP) is 6.81. The van der Waals surface area contributed by atoms with E-state index in [0.717, 1.165) is 67.2 Å². The first-order valence-electron chi connectivity index (χ1n) is 16.2. The van der Waals surface area contributed by atoms with Gasteiger partial charge in [-0.3, -0.25) is 4.79 Å². The maximum Gasteiger partial charge on any atom is 0.219 e. The standard InChI is InChI=1S/C36H51ClN2O5/c1-6-9-28-20-31(37)13-15-32(28)30-23-39(34-21-27(25(2)40)12-16-36(34)44-24-30)22-29-11-14-33(29)35(43-19-18-42-5)10-7-8-17-38(4)26(3)41/h7,10,12-13,15-16,20-21,25,29-30,33,35,40H,6,8-9,11,14,17-19,22-24H2,1-5H3/b10-7+. The highest BCUT2D eigenvalue weighted by atomic mass is 35.5. The number of aliphatic hydroxyl groups excluding tert-OH is 1. The molecule has 0 aromatic heterocycles. The summed E-state index contributed by atoms with van der Waals surface area (Å²) in [5.74, 6) is 1.94. The molecule has 2 aromatic rings. The molecule has 1 saturated carbocycles. The van der Waals surface area contributed by atoms with Gasteiger partial charge in [0.05, 0.1) is 37.7 Å². The van der Waals surface area contributed by atoms with Gasteiger partial charge in [-0.2, -0.15) is 0 Å². The summed E-state index contributed by atoms with van der Waals surface area (Å²) in [6, 6.07) is 12.4. The number of ether oxygens (including phenoxy) is 3. The number of nitrogens with zero attached hydrogens (tertiary/aromatic N) is 2. The van der Waals surface area contributed by atoms with Crippen LogP contribution in [0.2, 0.25) is 5.02 Å². The first-order chi connectivity index (χ1) is 21.2. The van der Waals surface area contributed by atoms with Gasteiger partial charge in [0.25, 0.3) is 0 Å². The summed E-state index contributed by atoms with van der Waals surface area (Å²) in [6.45, 7) is 9.67. The van der Waals surface area contributed by atoms with Gasteiger partial charge in [0.15, 0.2) is 0 Å². The van der Waals surface area contributed by atoms with E-state index in [4.69, 9.17) is 25.8 Å². The average molecular weight is 627 g/mol. The molecule has 1 fully saturated rings. The number of halogens is 1. The molecule has 1 N–H and O–H groups in total. The van der Waals surface area contributed by atoms with Crippen LogP contribution in [0, 0.1) is 11.8 Å². The molecule has 1 amide bonds. The minimum absolute atomic E-state index is 0.0127. The van der Waals surface area contributed by atoms with E-state index >= 15 is 0 Å².